The Hall–Kier alpha value is -2.29. The molecule has 8 nitrogen and oxygen atoms in total. The maximum absolute atomic E-state index is 13.0. The van der Waals surface area contributed by atoms with Gasteiger partial charge in [-0.1, -0.05) is 15.9 Å². The number of ether oxygens (including phenoxy) is 1. The fourth-order valence-electron chi connectivity index (χ4n) is 2.98. The van der Waals surface area contributed by atoms with Gasteiger partial charge in [0.25, 0.3) is 5.91 Å². The van der Waals surface area contributed by atoms with Gasteiger partial charge in [0, 0.05) is 24.0 Å². The fourth-order valence-corrected chi connectivity index (χ4v) is 3.34. The summed E-state index contributed by atoms with van der Waals surface area (Å²) in [5, 5.41) is 11.1. The molecule has 1 aliphatic rings. The van der Waals surface area contributed by atoms with Crippen molar-refractivity contribution in [2.45, 2.75) is 19.3 Å². The highest BCUT2D eigenvalue weighted by molar-refractivity contribution is 9.10. The molecule has 0 unspecified atom stereocenters. The molecule has 1 aliphatic heterocycles. The Morgan fingerprint density at radius 1 is 1.32 bits per heavy atom. The lowest BCUT2D eigenvalue weighted by molar-refractivity contribution is -0.142. The van der Waals surface area contributed by atoms with E-state index in [2.05, 4.69) is 31.5 Å². The zero-order valence-electron chi connectivity index (χ0n) is 13.8. The van der Waals surface area contributed by atoms with Gasteiger partial charge in [-0.15, -0.1) is 5.10 Å². The van der Waals surface area contributed by atoms with Crippen molar-refractivity contribution in [2.75, 3.05) is 20.2 Å². The molecular weight excluding hydrogens is 390 g/mol. The molecule has 0 N–H and O–H groups in total. The second-order valence-corrected chi connectivity index (χ2v) is 6.85. The number of hydrogen-bond donors (Lipinski definition) is 0. The summed E-state index contributed by atoms with van der Waals surface area (Å²) < 4.78 is 7.01. The number of piperidine rings is 1. The minimum atomic E-state index is -0.197. The summed E-state index contributed by atoms with van der Waals surface area (Å²) in [6.07, 6.45) is 3.44. The third-order valence-corrected chi connectivity index (χ3v) is 4.86. The molecule has 9 heteroatoms. The molecule has 0 radical (unpaired) electrons. The van der Waals surface area contributed by atoms with Crippen LogP contribution in [0.25, 0.3) is 5.69 Å². The van der Waals surface area contributed by atoms with Gasteiger partial charge in [-0.05, 0) is 47.4 Å². The van der Waals surface area contributed by atoms with Crippen molar-refractivity contribution in [3.05, 3.63) is 34.6 Å². The smallest absolute Gasteiger partial charge is 0.305 e. The van der Waals surface area contributed by atoms with E-state index < -0.39 is 0 Å². The van der Waals surface area contributed by atoms with Crippen molar-refractivity contribution in [3.63, 3.8) is 0 Å². The number of carbonyl (C=O) groups excluding carboxylic acids is 2. The summed E-state index contributed by atoms with van der Waals surface area (Å²) in [6.45, 7) is 1.23. The van der Waals surface area contributed by atoms with Crippen LogP contribution in [0.3, 0.4) is 0 Å². The summed E-state index contributed by atoms with van der Waals surface area (Å²) >= 11 is 3.41. The number of hydrogen-bond acceptors (Lipinski definition) is 6. The van der Waals surface area contributed by atoms with Gasteiger partial charge in [-0.3, -0.25) is 9.59 Å². The van der Waals surface area contributed by atoms with E-state index in [4.69, 9.17) is 4.74 Å². The monoisotopic (exact) mass is 407 g/mol. The van der Waals surface area contributed by atoms with Crippen LogP contribution in [0.4, 0.5) is 0 Å². The van der Waals surface area contributed by atoms with Crippen LogP contribution in [0.1, 0.15) is 29.6 Å². The van der Waals surface area contributed by atoms with E-state index in [-0.39, 0.29) is 17.8 Å². The second-order valence-electron chi connectivity index (χ2n) is 5.93. The minimum Gasteiger partial charge on any atom is -0.469 e. The first-order valence-electron chi connectivity index (χ1n) is 7.97. The molecule has 1 aromatic heterocycles. The number of tetrazole rings is 1. The van der Waals surface area contributed by atoms with E-state index in [1.165, 1.54) is 18.1 Å². The van der Waals surface area contributed by atoms with Gasteiger partial charge in [0.15, 0.2) is 0 Å². The summed E-state index contributed by atoms with van der Waals surface area (Å²) in [6, 6.07) is 5.42. The number of methoxy groups -OCH3 is 1. The highest BCUT2D eigenvalue weighted by atomic mass is 79.9. The predicted molar refractivity (Wildman–Crippen MR) is 92.1 cm³/mol. The molecule has 1 saturated heterocycles. The Morgan fingerprint density at radius 3 is 2.72 bits per heavy atom. The molecule has 0 atom stereocenters. The number of benzene rings is 1. The highest BCUT2D eigenvalue weighted by Crippen LogP contribution is 2.25. The maximum Gasteiger partial charge on any atom is 0.305 e. The van der Waals surface area contributed by atoms with E-state index in [1.807, 2.05) is 11.0 Å². The van der Waals surface area contributed by atoms with E-state index in [0.717, 1.165) is 17.3 Å². The normalized spacial score (nSPS) is 15.2. The van der Waals surface area contributed by atoms with Crippen LogP contribution in [0.15, 0.2) is 29.0 Å². The van der Waals surface area contributed by atoms with Crippen molar-refractivity contribution >= 4 is 27.8 Å². The largest absolute Gasteiger partial charge is 0.469 e. The summed E-state index contributed by atoms with van der Waals surface area (Å²) in [4.78, 5) is 26.2. The zero-order chi connectivity index (χ0) is 17.8. The first-order chi connectivity index (χ1) is 12.1. The third-order valence-electron chi connectivity index (χ3n) is 4.37. The summed E-state index contributed by atoms with van der Waals surface area (Å²) in [5.41, 5.74) is 1.17. The van der Waals surface area contributed by atoms with E-state index >= 15 is 0 Å². The van der Waals surface area contributed by atoms with Gasteiger partial charge in [0.1, 0.15) is 6.33 Å². The summed E-state index contributed by atoms with van der Waals surface area (Å²) in [7, 11) is 1.40. The number of esters is 1. The first kappa shape index (κ1) is 17.5. The Morgan fingerprint density at radius 2 is 2.08 bits per heavy atom. The maximum atomic E-state index is 13.0. The molecule has 25 heavy (non-hydrogen) atoms. The Kier molecular flexibility index (Phi) is 5.42. The number of carbonyl (C=O) groups is 2. The van der Waals surface area contributed by atoms with Crippen molar-refractivity contribution in [3.8, 4) is 5.69 Å². The van der Waals surface area contributed by atoms with Crippen LogP contribution in [-0.4, -0.2) is 57.2 Å². The SMILES string of the molecule is COC(=O)CC1CCN(C(=O)c2cc(Br)ccc2-n2cnnn2)CC1. The van der Waals surface area contributed by atoms with Gasteiger partial charge >= 0.3 is 5.97 Å². The number of nitrogens with zero attached hydrogens (tertiary/aromatic N) is 5. The lowest BCUT2D eigenvalue weighted by Crippen LogP contribution is -2.39. The van der Waals surface area contributed by atoms with E-state index in [0.29, 0.717) is 30.8 Å². The number of rotatable bonds is 4. The number of likely N-dealkylation sites (tertiary alicyclic amines) is 1. The van der Waals surface area contributed by atoms with Crippen LogP contribution in [-0.2, 0) is 9.53 Å². The molecule has 132 valence electrons. The summed E-state index contributed by atoms with van der Waals surface area (Å²) in [5.74, 6) is -0.000881. The number of amides is 1. The quantitative estimate of drug-likeness (QED) is 0.718. The lowest BCUT2D eigenvalue weighted by Gasteiger charge is -2.32. The van der Waals surface area contributed by atoms with Crippen LogP contribution < -0.4 is 0 Å². The van der Waals surface area contributed by atoms with Crippen LogP contribution in [0.5, 0.6) is 0 Å². The van der Waals surface area contributed by atoms with Crippen molar-refractivity contribution < 1.29 is 14.3 Å². The molecule has 1 fully saturated rings. The van der Waals surface area contributed by atoms with Gasteiger partial charge in [-0.25, -0.2) is 0 Å². The predicted octanol–water partition coefficient (Wildman–Crippen LogP) is 1.84. The molecule has 3 rings (SSSR count). The Bertz CT molecular complexity index is 757. The minimum absolute atomic E-state index is 0.0664. The number of aromatic nitrogens is 4. The third kappa shape index (κ3) is 4.04. The van der Waals surface area contributed by atoms with E-state index in [9.17, 15) is 9.59 Å². The molecule has 1 amide bonds. The molecule has 0 bridgehead atoms. The second kappa shape index (κ2) is 7.73. The average molecular weight is 408 g/mol. The van der Waals surface area contributed by atoms with Gasteiger partial charge in [0.2, 0.25) is 0 Å². The Balaban J connectivity index is 1.74. The molecule has 2 aromatic rings. The van der Waals surface area contributed by atoms with Crippen molar-refractivity contribution in [2.24, 2.45) is 5.92 Å². The molecule has 0 aliphatic carbocycles. The molecule has 2 heterocycles. The van der Waals surface area contributed by atoms with Gasteiger partial charge in [-0.2, -0.15) is 4.68 Å². The first-order valence-corrected chi connectivity index (χ1v) is 8.77. The van der Waals surface area contributed by atoms with Crippen LogP contribution >= 0.6 is 15.9 Å². The Labute approximate surface area is 153 Å². The number of halogens is 1. The molecule has 1 aromatic carbocycles. The molecule has 0 saturated carbocycles. The topological polar surface area (TPSA) is 90.2 Å². The average Bonchev–Trinajstić information content (AvgIpc) is 3.16. The van der Waals surface area contributed by atoms with E-state index in [1.54, 1.807) is 12.1 Å². The zero-order valence-corrected chi connectivity index (χ0v) is 15.3. The fraction of sp³-hybridized carbons (Fsp3) is 0.438. The van der Waals surface area contributed by atoms with Crippen LogP contribution in [0, 0.1) is 5.92 Å². The van der Waals surface area contributed by atoms with Crippen molar-refractivity contribution in [1.29, 1.82) is 0 Å². The van der Waals surface area contributed by atoms with Gasteiger partial charge < -0.3 is 9.64 Å². The van der Waals surface area contributed by atoms with Crippen molar-refractivity contribution in [1.82, 2.24) is 25.1 Å². The standard InChI is InChI=1S/C16H18BrN5O3/c1-25-15(23)8-11-4-6-21(7-5-11)16(24)13-9-12(17)2-3-14(13)22-10-18-19-20-22/h2-3,9-11H,4-8H2,1H3. The highest BCUT2D eigenvalue weighted by Gasteiger charge is 2.27. The molecular formula is C16H18BrN5O3. The van der Waals surface area contributed by atoms with Crippen LogP contribution in [0.2, 0.25) is 0 Å². The van der Waals surface area contributed by atoms with Gasteiger partial charge in [0.05, 0.1) is 18.4 Å². The molecule has 0 spiro atoms. The lowest BCUT2D eigenvalue weighted by atomic mass is 9.93.